The van der Waals surface area contributed by atoms with Gasteiger partial charge >= 0.3 is 0 Å². The van der Waals surface area contributed by atoms with Gasteiger partial charge in [0.1, 0.15) is 5.82 Å². The maximum atomic E-state index is 13.8. The Kier molecular flexibility index (Phi) is 6.43. The highest BCUT2D eigenvalue weighted by Crippen LogP contribution is 2.20. The number of amides is 1. The average Bonchev–Trinajstić information content (AvgIpc) is 2.41. The van der Waals surface area contributed by atoms with Crippen molar-refractivity contribution in [2.75, 3.05) is 26.7 Å². The number of rotatable bonds is 3. The number of halogens is 2. The number of likely N-dealkylation sites (tertiary alicyclic amines) is 1. The minimum atomic E-state index is -0.425. The molecule has 3 nitrogen and oxygen atoms in total. The van der Waals surface area contributed by atoms with Gasteiger partial charge in [-0.2, -0.15) is 0 Å². The Morgan fingerprint density at radius 2 is 2.25 bits per heavy atom. The first-order chi connectivity index (χ1) is 9.11. The van der Waals surface area contributed by atoms with Crippen LogP contribution in [0, 0.1) is 18.7 Å². The summed E-state index contributed by atoms with van der Waals surface area (Å²) in [4.78, 5) is 14.2. The molecule has 1 amide bonds. The highest BCUT2D eigenvalue weighted by atomic mass is 35.5. The van der Waals surface area contributed by atoms with Crippen LogP contribution in [0.2, 0.25) is 0 Å². The van der Waals surface area contributed by atoms with Crippen molar-refractivity contribution in [1.29, 1.82) is 0 Å². The lowest BCUT2D eigenvalue weighted by Crippen LogP contribution is -2.42. The van der Waals surface area contributed by atoms with Crippen molar-refractivity contribution < 1.29 is 9.18 Å². The van der Waals surface area contributed by atoms with Gasteiger partial charge in [0.2, 0.25) is 0 Å². The van der Waals surface area contributed by atoms with E-state index in [1.165, 1.54) is 6.07 Å². The maximum Gasteiger partial charge on any atom is 0.256 e. The van der Waals surface area contributed by atoms with Crippen molar-refractivity contribution in [2.45, 2.75) is 19.8 Å². The van der Waals surface area contributed by atoms with E-state index >= 15 is 0 Å². The van der Waals surface area contributed by atoms with Crippen LogP contribution in [0.5, 0.6) is 0 Å². The number of piperidine rings is 1. The Bertz CT molecular complexity index is 465. The van der Waals surface area contributed by atoms with Gasteiger partial charge in [0, 0.05) is 13.1 Å². The molecule has 0 radical (unpaired) electrons. The van der Waals surface area contributed by atoms with E-state index in [-0.39, 0.29) is 23.9 Å². The van der Waals surface area contributed by atoms with E-state index in [1.807, 2.05) is 14.0 Å². The number of aryl methyl sites for hydroxylation is 1. The lowest BCUT2D eigenvalue weighted by molar-refractivity contribution is 0.0669. The molecule has 1 N–H and O–H groups in total. The fourth-order valence-electron chi connectivity index (χ4n) is 2.68. The molecule has 1 aromatic carbocycles. The third kappa shape index (κ3) is 3.93. The van der Waals surface area contributed by atoms with Crippen LogP contribution in [0.3, 0.4) is 0 Å². The third-order valence-electron chi connectivity index (χ3n) is 3.65. The molecule has 1 aromatic rings. The smallest absolute Gasteiger partial charge is 0.256 e. The van der Waals surface area contributed by atoms with Crippen LogP contribution in [0.1, 0.15) is 28.8 Å². The molecule has 1 heterocycles. The number of nitrogens with zero attached hydrogens (tertiary/aromatic N) is 1. The SMILES string of the molecule is CNCC1CCCN(C(=O)c2cc(C)ccc2F)C1.Cl. The van der Waals surface area contributed by atoms with E-state index in [4.69, 9.17) is 0 Å². The van der Waals surface area contributed by atoms with Gasteiger partial charge in [-0.25, -0.2) is 4.39 Å². The van der Waals surface area contributed by atoms with E-state index in [0.29, 0.717) is 12.5 Å². The molecule has 20 heavy (non-hydrogen) atoms. The quantitative estimate of drug-likeness (QED) is 0.931. The summed E-state index contributed by atoms with van der Waals surface area (Å²) in [7, 11) is 1.92. The van der Waals surface area contributed by atoms with Gasteiger partial charge < -0.3 is 10.2 Å². The summed E-state index contributed by atoms with van der Waals surface area (Å²) < 4.78 is 13.8. The zero-order valence-electron chi connectivity index (χ0n) is 12.0. The molecule has 5 heteroatoms. The number of benzene rings is 1. The first-order valence-electron chi connectivity index (χ1n) is 6.82. The molecule has 0 bridgehead atoms. The Hall–Kier alpha value is -1.13. The molecule has 112 valence electrons. The predicted octanol–water partition coefficient (Wildman–Crippen LogP) is 2.63. The van der Waals surface area contributed by atoms with E-state index in [1.54, 1.807) is 17.0 Å². The van der Waals surface area contributed by atoms with Crippen molar-refractivity contribution in [3.63, 3.8) is 0 Å². The van der Waals surface area contributed by atoms with Gasteiger partial charge in [0.25, 0.3) is 5.91 Å². The summed E-state index contributed by atoms with van der Waals surface area (Å²) in [5.74, 6) is -0.135. The summed E-state index contributed by atoms with van der Waals surface area (Å²) in [6.45, 7) is 4.22. The molecule has 0 spiro atoms. The normalized spacial score (nSPS) is 18.6. The fourth-order valence-corrected chi connectivity index (χ4v) is 2.68. The molecule has 1 fully saturated rings. The fraction of sp³-hybridized carbons (Fsp3) is 0.533. The number of nitrogens with one attached hydrogen (secondary N) is 1. The van der Waals surface area contributed by atoms with E-state index in [9.17, 15) is 9.18 Å². The van der Waals surface area contributed by atoms with Crippen molar-refractivity contribution in [2.24, 2.45) is 5.92 Å². The summed E-state index contributed by atoms with van der Waals surface area (Å²) in [6, 6.07) is 4.70. The van der Waals surface area contributed by atoms with Crippen molar-refractivity contribution in [3.05, 3.63) is 35.1 Å². The van der Waals surface area contributed by atoms with Crippen LogP contribution >= 0.6 is 12.4 Å². The van der Waals surface area contributed by atoms with Crippen molar-refractivity contribution in [1.82, 2.24) is 10.2 Å². The van der Waals surface area contributed by atoms with Gasteiger partial charge in [0.15, 0.2) is 0 Å². The molecule has 1 unspecified atom stereocenters. The van der Waals surface area contributed by atoms with Crippen LogP contribution in [0.25, 0.3) is 0 Å². The zero-order chi connectivity index (χ0) is 13.8. The third-order valence-corrected chi connectivity index (χ3v) is 3.65. The number of carbonyl (C=O) groups excluding carboxylic acids is 1. The largest absolute Gasteiger partial charge is 0.338 e. The van der Waals surface area contributed by atoms with Crippen LogP contribution in [-0.2, 0) is 0 Å². The summed E-state index contributed by atoms with van der Waals surface area (Å²) >= 11 is 0. The molecule has 0 aromatic heterocycles. The Morgan fingerprint density at radius 1 is 1.50 bits per heavy atom. The predicted molar refractivity (Wildman–Crippen MR) is 80.9 cm³/mol. The second kappa shape index (κ2) is 7.60. The highest BCUT2D eigenvalue weighted by Gasteiger charge is 2.25. The van der Waals surface area contributed by atoms with Crippen molar-refractivity contribution >= 4 is 18.3 Å². The summed E-state index contributed by atoms with van der Waals surface area (Å²) in [6.07, 6.45) is 2.12. The zero-order valence-corrected chi connectivity index (χ0v) is 12.8. The van der Waals surface area contributed by atoms with E-state index < -0.39 is 5.82 Å². The topological polar surface area (TPSA) is 32.3 Å². The van der Waals surface area contributed by atoms with Crippen molar-refractivity contribution in [3.8, 4) is 0 Å². The second-order valence-electron chi connectivity index (χ2n) is 5.30. The molecular formula is C15H22ClFN2O. The minimum absolute atomic E-state index is 0. The standard InChI is InChI=1S/C15H21FN2O.ClH/c1-11-5-6-14(16)13(8-11)15(19)18-7-3-4-12(10-18)9-17-2;/h5-6,8,12,17H,3-4,7,9-10H2,1-2H3;1H. The average molecular weight is 301 g/mol. The number of hydrogen-bond acceptors (Lipinski definition) is 2. The lowest BCUT2D eigenvalue weighted by atomic mass is 9.97. The molecule has 1 aliphatic heterocycles. The lowest BCUT2D eigenvalue weighted by Gasteiger charge is -2.32. The Balaban J connectivity index is 0.00000200. The maximum absolute atomic E-state index is 13.8. The number of carbonyl (C=O) groups is 1. The van der Waals surface area contributed by atoms with Gasteiger partial charge in [-0.3, -0.25) is 4.79 Å². The van der Waals surface area contributed by atoms with Gasteiger partial charge in [-0.15, -0.1) is 12.4 Å². The molecule has 2 rings (SSSR count). The second-order valence-corrected chi connectivity index (χ2v) is 5.30. The van der Waals surface area contributed by atoms with Gasteiger partial charge in [-0.1, -0.05) is 11.6 Å². The highest BCUT2D eigenvalue weighted by molar-refractivity contribution is 5.94. The summed E-state index contributed by atoms with van der Waals surface area (Å²) in [5, 5.41) is 3.15. The first kappa shape index (κ1) is 16.9. The van der Waals surface area contributed by atoms with E-state index in [0.717, 1.165) is 31.5 Å². The molecule has 1 saturated heterocycles. The summed E-state index contributed by atoms with van der Waals surface area (Å²) in [5.41, 5.74) is 1.11. The molecule has 0 aliphatic carbocycles. The first-order valence-corrected chi connectivity index (χ1v) is 6.82. The van der Waals surface area contributed by atoms with Crippen LogP contribution < -0.4 is 5.32 Å². The molecule has 0 saturated carbocycles. The van der Waals surface area contributed by atoms with Crippen LogP contribution in [0.4, 0.5) is 4.39 Å². The Labute approximate surface area is 125 Å². The number of hydrogen-bond donors (Lipinski definition) is 1. The van der Waals surface area contributed by atoms with Gasteiger partial charge in [-0.05, 0) is 51.4 Å². The van der Waals surface area contributed by atoms with Gasteiger partial charge in [0.05, 0.1) is 5.56 Å². The van der Waals surface area contributed by atoms with Crippen LogP contribution in [0.15, 0.2) is 18.2 Å². The van der Waals surface area contributed by atoms with E-state index in [2.05, 4.69) is 5.32 Å². The molecule has 1 aliphatic rings. The monoisotopic (exact) mass is 300 g/mol. The molecule has 1 atom stereocenters. The van der Waals surface area contributed by atoms with Crippen LogP contribution in [-0.4, -0.2) is 37.5 Å². The Morgan fingerprint density at radius 3 is 2.95 bits per heavy atom. The minimum Gasteiger partial charge on any atom is -0.338 e. The molecular weight excluding hydrogens is 279 g/mol.